The predicted octanol–water partition coefficient (Wildman–Crippen LogP) is 3.50. The van der Waals surface area contributed by atoms with E-state index in [-0.39, 0.29) is 17.3 Å². The van der Waals surface area contributed by atoms with E-state index in [4.69, 9.17) is 4.74 Å². The Morgan fingerprint density at radius 2 is 1.87 bits per heavy atom. The topological polar surface area (TPSA) is 75.7 Å². The third-order valence-electron chi connectivity index (χ3n) is 5.68. The summed E-state index contributed by atoms with van der Waals surface area (Å²) in [5.74, 6) is 0.521. The summed E-state index contributed by atoms with van der Waals surface area (Å²) in [7, 11) is -3.67. The second-order valence-corrected chi connectivity index (χ2v) is 9.95. The summed E-state index contributed by atoms with van der Waals surface area (Å²) in [4.78, 5) is 13.2. The summed E-state index contributed by atoms with van der Waals surface area (Å²) >= 11 is 0. The molecular weight excluding hydrogens is 400 g/mol. The van der Waals surface area contributed by atoms with Gasteiger partial charge in [-0.05, 0) is 69.0 Å². The maximum Gasteiger partial charge on any atom is 0.243 e. The van der Waals surface area contributed by atoms with Gasteiger partial charge in [0.25, 0.3) is 0 Å². The highest BCUT2D eigenvalue weighted by Crippen LogP contribution is 2.33. The Kier molecular flexibility index (Phi) is 6.83. The zero-order valence-corrected chi connectivity index (χ0v) is 18.7. The van der Waals surface area contributed by atoms with Crippen LogP contribution in [0.15, 0.2) is 53.4 Å². The van der Waals surface area contributed by atoms with Gasteiger partial charge in [0, 0.05) is 19.6 Å². The van der Waals surface area contributed by atoms with Gasteiger partial charge in [-0.3, -0.25) is 4.79 Å². The number of hydrogen-bond acceptors (Lipinski definition) is 4. The molecule has 0 aliphatic carbocycles. The monoisotopic (exact) mass is 430 g/mol. The largest absolute Gasteiger partial charge is 0.494 e. The molecule has 30 heavy (non-hydrogen) atoms. The molecule has 0 radical (unpaired) electrons. The van der Waals surface area contributed by atoms with Crippen molar-refractivity contribution in [2.24, 2.45) is 5.41 Å². The Morgan fingerprint density at radius 3 is 2.53 bits per heavy atom. The van der Waals surface area contributed by atoms with Gasteiger partial charge in [-0.25, -0.2) is 8.42 Å². The Labute approximate surface area is 179 Å². The number of sulfonamides is 1. The third kappa shape index (κ3) is 4.84. The number of carbonyl (C=O) groups excluding carboxylic acids is 1. The van der Waals surface area contributed by atoms with E-state index >= 15 is 0 Å². The quantitative estimate of drug-likeness (QED) is 0.729. The van der Waals surface area contributed by atoms with Gasteiger partial charge in [0.05, 0.1) is 16.9 Å². The Balaban J connectivity index is 1.71. The smallest absolute Gasteiger partial charge is 0.243 e. The van der Waals surface area contributed by atoms with Crippen molar-refractivity contribution in [1.29, 1.82) is 0 Å². The number of amides is 1. The van der Waals surface area contributed by atoms with Gasteiger partial charge in [0.1, 0.15) is 5.75 Å². The van der Waals surface area contributed by atoms with E-state index in [0.717, 1.165) is 11.1 Å². The third-order valence-corrected chi connectivity index (χ3v) is 7.54. The molecule has 3 rings (SSSR count). The second kappa shape index (κ2) is 9.18. The summed E-state index contributed by atoms with van der Waals surface area (Å²) in [6.45, 7) is 7.28. The van der Waals surface area contributed by atoms with E-state index in [1.165, 1.54) is 4.31 Å². The number of piperidine rings is 1. The summed E-state index contributed by atoms with van der Waals surface area (Å²) in [5.41, 5.74) is 1.41. The molecule has 0 bridgehead atoms. The summed E-state index contributed by atoms with van der Waals surface area (Å²) in [6.07, 6.45) is 1.30. The highest BCUT2D eigenvalue weighted by molar-refractivity contribution is 7.89. The number of carbonyl (C=O) groups is 1. The number of nitrogens with zero attached hydrogens (tertiary/aromatic N) is 1. The van der Waals surface area contributed by atoms with Gasteiger partial charge in [-0.2, -0.15) is 4.31 Å². The zero-order chi connectivity index (χ0) is 21.8. The van der Waals surface area contributed by atoms with Crippen molar-refractivity contribution >= 4 is 15.9 Å². The lowest BCUT2D eigenvalue weighted by Crippen LogP contribution is -2.51. The molecule has 0 saturated carbocycles. The molecular formula is C23H30N2O4S. The van der Waals surface area contributed by atoms with Gasteiger partial charge < -0.3 is 10.1 Å². The van der Waals surface area contributed by atoms with E-state index in [0.29, 0.717) is 38.3 Å². The van der Waals surface area contributed by atoms with E-state index < -0.39 is 15.4 Å². The van der Waals surface area contributed by atoms with E-state index in [9.17, 15) is 13.2 Å². The Morgan fingerprint density at radius 1 is 1.17 bits per heavy atom. The van der Waals surface area contributed by atoms with Crippen LogP contribution in [0, 0.1) is 12.3 Å². The summed E-state index contributed by atoms with van der Waals surface area (Å²) in [5, 5.41) is 3.01. The van der Waals surface area contributed by atoms with Crippen LogP contribution in [0.5, 0.6) is 5.75 Å². The van der Waals surface area contributed by atoms with Gasteiger partial charge >= 0.3 is 0 Å². The number of benzene rings is 2. The molecule has 1 heterocycles. The van der Waals surface area contributed by atoms with Crippen LogP contribution in [-0.4, -0.2) is 38.3 Å². The molecule has 1 N–H and O–H groups in total. The summed E-state index contributed by atoms with van der Waals surface area (Å²) < 4.78 is 33.1. The van der Waals surface area contributed by atoms with Crippen LogP contribution in [0.3, 0.4) is 0 Å². The minimum absolute atomic E-state index is 0.114. The number of aryl methyl sites for hydroxylation is 1. The average molecular weight is 431 g/mol. The van der Waals surface area contributed by atoms with E-state index in [1.54, 1.807) is 24.3 Å². The maximum absolute atomic E-state index is 13.1. The standard InChI is InChI=1S/C23H30N2O4S/c1-4-29-20-10-12-21(13-11-20)30(27,28)25-15-7-14-23(3,17-25)22(26)24-16-19-9-6-5-8-18(19)2/h5-6,8-13H,4,7,14-17H2,1-3H3,(H,24,26). The fraction of sp³-hybridized carbons (Fsp3) is 0.435. The molecule has 0 spiro atoms. The number of ether oxygens (including phenoxy) is 1. The normalized spacial score (nSPS) is 20.0. The van der Waals surface area contributed by atoms with Crippen molar-refractivity contribution in [3.63, 3.8) is 0 Å². The van der Waals surface area contributed by atoms with Crippen LogP contribution >= 0.6 is 0 Å². The van der Waals surface area contributed by atoms with Crippen molar-refractivity contribution in [2.45, 2.75) is 45.1 Å². The van der Waals surface area contributed by atoms with Crippen LogP contribution in [0.25, 0.3) is 0 Å². The van der Waals surface area contributed by atoms with Crippen LogP contribution in [-0.2, 0) is 21.4 Å². The highest BCUT2D eigenvalue weighted by Gasteiger charge is 2.41. The van der Waals surface area contributed by atoms with E-state index in [2.05, 4.69) is 5.32 Å². The van der Waals surface area contributed by atoms with Crippen LogP contribution in [0.2, 0.25) is 0 Å². The molecule has 1 atom stereocenters. The number of rotatable bonds is 7. The molecule has 7 heteroatoms. The SMILES string of the molecule is CCOc1ccc(S(=O)(=O)N2CCCC(C)(C(=O)NCc3ccccc3C)C2)cc1. The Hall–Kier alpha value is -2.38. The molecule has 1 aliphatic rings. The van der Waals surface area contributed by atoms with Crippen molar-refractivity contribution < 1.29 is 17.9 Å². The van der Waals surface area contributed by atoms with Crippen molar-refractivity contribution in [2.75, 3.05) is 19.7 Å². The fourth-order valence-corrected chi connectivity index (χ4v) is 5.41. The lowest BCUT2D eigenvalue weighted by Gasteiger charge is -2.38. The Bertz CT molecular complexity index is 989. The molecule has 162 valence electrons. The first-order valence-electron chi connectivity index (χ1n) is 10.3. The fourth-order valence-electron chi connectivity index (χ4n) is 3.80. The molecule has 2 aromatic carbocycles. The molecule has 1 unspecified atom stereocenters. The molecule has 1 aliphatic heterocycles. The second-order valence-electron chi connectivity index (χ2n) is 8.02. The molecule has 1 fully saturated rings. The first-order chi connectivity index (χ1) is 14.3. The molecule has 1 saturated heterocycles. The van der Waals surface area contributed by atoms with Crippen LogP contribution in [0.1, 0.15) is 37.8 Å². The van der Waals surface area contributed by atoms with Gasteiger partial charge in [0.15, 0.2) is 0 Å². The van der Waals surface area contributed by atoms with Gasteiger partial charge in [0.2, 0.25) is 15.9 Å². The maximum atomic E-state index is 13.1. The minimum atomic E-state index is -3.67. The van der Waals surface area contributed by atoms with Crippen LogP contribution in [0.4, 0.5) is 0 Å². The molecule has 6 nitrogen and oxygen atoms in total. The lowest BCUT2D eigenvalue weighted by molar-refractivity contribution is -0.132. The van der Waals surface area contributed by atoms with E-state index in [1.807, 2.05) is 45.0 Å². The van der Waals surface area contributed by atoms with Gasteiger partial charge in [-0.15, -0.1) is 0 Å². The number of hydrogen-bond donors (Lipinski definition) is 1. The molecule has 1 amide bonds. The first kappa shape index (κ1) is 22.3. The zero-order valence-electron chi connectivity index (χ0n) is 17.8. The van der Waals surface area contributed by atoms with Crippen molar-refractivity contribution in [1.82, 2.24) is 9.62 Å². The predicted molar refractivity (Wildman–Crippen MR) is 117 cm³/mol. The number of nitrogens with one attached hydrogen (secondary N) is 1. The van der Waals surface area contributed by atoms with Crippen LogP contribution < -0.4 is 10.1 Å². The average Bonchev–Trinajstić information content (AvgIpc) is 2.73. The highest BCUT2D eigenvalue weighted by atomic mass is 32.2. The van der Waals surface area contributed by atoms with Crippen molar-refractivity contribution in [3.8, 4) is 5.75 Å². The molecule has 2 aromatic rings. The first-order valence-corrected chi connectivity index (χ1v) is 11.8. The minimum Gasteiger partial charge on any atom is -0.494 e. The lowest BCUT2D eigenvalue weighted by atomic mass is 9.82. The van der Waals surface area contributed by atoms with Gasteiger partial charge in [-0.1, -0.05) is 24.3 Å². The molecule has 0 aromatic heterocycles. The van der Waals surface area contributed by atoms with Crippen molar-refractivity contribution in [3.05, 3.63) is 59.7 Å². The summed E-state index contributed by atoms with van der Waals surface area (Å²) in [6, 6.07) is 14.4.